The van der Waals surface area contributed by atoms with E-state index < -0.39 is 6.10 Å². The zero-order chi connectivity index (χ0) is 44.9. The van der Waals surface area contributed by atoms with Gasteiger partial charge < -0.3 is 14.2 Å². The zero-order valence-corrected chi connectivity index (χ0v) is 40.3. The van der Waals surface area contributed by atoms with E-state index in [0.717, 1.165) is 109 Å². The molecule has 0 fully saturated rings. The van der Waals surface area contributed by atoms with Gasteiger partial charge in [-0.25, -0.2) is 0 Å². The molecular weight excluding hydrogens is 765 g/mol. The van der Waals surface area contributed by atoms with Crippen LogP contribution in [0.4, 0.5) is 0 Å². The molecule has 0 heterocycles. The van der Waals surface area contributed by atoms with Gasteiger partial charge in [0.05, 0.1) is 6.61 Å². The van der Waals surface area contributed by atoms with Crippen LogP contribution in [0.25, 0.3) is 0 Å². The summed E-state index contributed by atoms with van der Waals surface area (Å²) in [7, 11) is 0. The maximum Gasteiger partial charge on any atom is 0.306 e. The minimum absolute atomic E-state index is 0.0465. The van der Waals surface area contributed by atoms with Crippen molar-refractivity contribution in [3.05, 3.63) is 109 Å². The second-order valence-electron chi connectivity index (χ2n) is 16.3. The second kappa shape index (κ2) is 51.9. The van der Waals surface area contributed by atoms with Crippen molar-refractivity contribution in [1.29, 1.82) is 0 Å². The molecule has 1 unspecified atom stereocenters. The van der Waals surface area contributed by atoms with E-state index in [1.807, 2.05) is 0 Å². The zero-order valence-electron chi connectivity index (χ0n) is 40.3. The van der Waals surface area contributed by atoms with Crippen molar-refractivity contribution in [2.75, 3.05) is 19.8 Å². The van der Waals surface area contributed by atoms with Gasteiger partial charge in [0, 0.05) is 19.4 Å². The Morgan fingerprint density at radius 1 is 0.371 bits per heavy atom. The Labute approximate surface area is 383 Å². The van der Waals surface area contributed by atoms with Gasteiger partial charge in [-0.05, 0) is 96.3 Å². The Bertz CT molecular complexity index is 1250. The van der Waals surface area contributed by atoms with E-state index >= 15 is 0 Å². The van der Waals surface area contributed by atoms with Gasteiger partial charge in [0.1, 0.15) is 6.61 Å². The average molecular weight is 859 g/mol. The van der Waals surface area contributed by atoms with Gasteiger partial charge >= 0.3 is 11.9 Å². The van der Waals surface area contributed by atoms with E-state index in [1.54, 1.807) is 0 Å². The first-order valence-electron chi connectivity index (χ1n) is 25.4. The van der Waals surface area contributed by atoms with E-state index in [0.29, 0.717) is 19.4 Å². The molecule has 62 heavy (non-hydrogen) atoms. The van der Waals surface area contributed by atoms with Crippen LogP contribution in [0, 0.1) is 0 Å². The standard InChI is InChI=1S/C57H94O5/c1-4-7-10-13-16-19-21-23-25-27-28-29-31-33-35-37-40-43-46-49-52-60-53-55(62-57(59)51-48-45-42-38-18-15-12-9-6-3)54-61-56(58)50-47-44-41-39-36-34-32-30-26-24-22-20-17-14-11-8-5-2/h7-8,10-11,16-17,19-20,23-26,28-29,32,34,39,41,55H,4-6,9,12-15,18,21-22,27,30-31,33,35-38,40,42-54H2,1-3H3/b10-7-,11-8-,19-16-,20-17-,25-23-,26-24-,29-28-,34-32-,41-39-. The van der Waals surface area contributed by atoms with Crippen molar-refractivity contribution in [1.82, 2.24) is 0 Å². The van der Waals surface area contributed by atoms with Crippen molar-refractivity contribution in [2.45, 2.75) is 219 Å². The Hall–Kier alpha value is -3.44. The maximum absolute atomic E-state index is 12.7. The first-order chi connectivity index (χ1) is 30.6. The highest BCUT2D eigenvalue weighted by Crippen LogP contribution is 2.13. The normalized spacial score (nSPS) is 13.1. The Morgan fingerprint density at radius 2 is 0.742 bits per heavy atom. The highest BCUT2D eigenvalue weighted by molar-refractivity contribution is 5.70. The van der Waals surface area contributed by atoms with Crippen molar-refractivity contribution in [3.8, 4) is 0 Å². The molecule has 0 saturated heterocycles. The Kier molecular flexibility index (Phi) is 49.0. The third kappa shape index (κ3) is 49.2. The van der Waals surface area contributed by atoms with E-state index in [-0.39, 0.29) is 25.2 Å². The predicted octanol–water partition coefficient (Wildman–Crippen LogP) is 17.2. The molecule has 0 spiro atoms. The molecule has 0 aliphatic carbocycles. The number of hydrogen-bond acceptors (Lipinski definition) is 5. The largest absolute Gasteiger partial charge is 0.462 e. The number of esters is 2. The molecule has 5 nitrogen and oxygen atoms in total. The Balaban J connectivity index is 4.31. The third-order valence-electron chi connectivity index (χ3n) is 10.3. The van der Waals surface area contributed by atoms with E-state index in [2.05, 4.69) is 130 Å². The second-order valence-corrected chi connectivity index (χ2v) is 16.3. The first-order valence-corrected chi connectivity index (χ1v) is 25.4. The van der Waals surface area contributed by atoms with Crippen LogP contribution in [0.15, 0.2) is 109 Å². The number of carbonyl (C=O) groups is 2. The highest BCUT2D eigenvalue weighted by Gasteiger charge is 2.17. The predicted molar refractivity (Wildman–Crippen MR) is 269 cm³/mol. The van der Waals surface area contributed by atoms with Crippen LogP contribution in [0.3, 0.4) is 0 Å². The molecule has 0 radical (unpaired) electrons. The monoisotopic (exact) mass is 859 g/mol. The van der Waals surface area contributed by atoms with Crippen molar-refractivity contribution < 1.29 is 23.8 Å². The fourth-order valence-corrected chi connectivity index (χ4v) is 6.59. The molecular formula is C57H94O5. The molecule has 0 bridgehead atoms. The quantitative estimate of drug-likeness (QED) is 0.0347. The van der Waals surface area contributed by atoms with Gasteiger partial charge in [0.2, 0.25) is 0 Å². The fourth-order valence-electron chi connectivity index (χ4n) is 6.59. The number of ether oxygens (including phenoxy) is 3. The summed E-state index contributed by atoms with van der Waals surface area (Å²) in [6.45, 7) is 7.49. The van der Waals surface area contributed by atoms with E-state index in [1.165, 1.54) is 70.6 Å². The van der Waals surface area contributed by atoms with E-state index in [4.69, 9.17) is 14.2 Å². The number of hydrogen-bond donors (Lipinski definition) is 0. The first kappa shape index (κ1) is 58.6. The molecule has 0 aromatic rings. The highest BCUT2D eigenvalue weighted by atomic mass is 16.6. The number of unbranched alkanes of at least 4 members (excludes halogenated alkanes) is 16. The SMILES string of the molecule is CC/C=C\C/C=C\C/C=C\C/C=C\C/C=C\CCCC(=O)OCC(COCCCCCCCCC/C=C\C/C=C\C/C=C\C/C=C\CC)OC(=O)CCCCCCCCCCC. The molecule has 5 heteroatoms. The molecule has 0 aliphatic heterocycles. The number of rotatable bonds is 45. The molecule has 0 rings (SSSR count). The lowest BCUT2D eigenvalue weighted by molar-refractivity contribution is -0.163. The van der Waals surface area contributed by atoms with Gasteiger partial charge in [0.25, 0.3) is 0 Å². The minimum atomic E-state index is -0.568. The van der Waals surface area contributed by atoms with Crippen LogP contribution < -0.4 is 0 Å². The minimum Gasteiger partial charge on any atom is -0.462 e. The molecule has 0 aromatic carbocycles. The van der Waals surface area contributed by atoms with Gasteiger partial charge in [0.15, 0.2) is 6.10 Å². The summed E-state index contributed by atoms with van der Waals surface area (Å²) in [6.07, 6.45) is 71.1. The lowest BCUT2D eigenvalue weighted by atomic mass is 10.1. The summed E-state index contributed by atoms with van der Waals surface area (Å²) in [5, 5.41) is 0. The average Bonchev–Trinajstić information content (AvgIpc) is 3.27. The van der Waals surface area contributed by atoms with Crippen LogP contribution >= 0.6 is 0 Å². The smallest absolute Gasteiger partial charge is 0.306 e. The summed E-state index contributed by atoms with van der Waals surface area (Å²) in [4.78, 5) is 25.3. The van der Waals surface area contributed by atoms with Crippen LogP contribution in [-0.4, -0.2) is 37.9 Å². The summed E-state index contributed by atoms with van der Waals surface area (Å²) in [6, 6.07) is 0. The number of allylic oxidation sites excluding steroid dienone is 18. The Morgan fingerprint density at radius 3 is 1.21 bits per heavy atom. The molecule has 0 amide bonds. The van der Waals surface area contributed by atoms with Crippen molar-refractivity contribution >= 4 is 11.9 Å². The maximum atomic E-state index is 12.7. The van der Waals surface area contributed by atoms with Crippen molar-refractivity contribution in [3.63, 3.8) is 0 Å². The lowest BCUT2D eigenvalue weighted by Gasteiger charge is -2.18. The van der Waals surface area contributed by atoms with Gasteiger partial charge in [-0.15, -0.1) is 0 Å². The van der Waals surface area contributed by atoms with Crippen molar-refractivity contribution in [2.24, 2.45) is 0 Å². The molecule has 0 aliphatic rings. The topological polar surface area (TPSA) is 61.8 Å². The van der Waals surface area contributed by atoms with Gasteiger partial charge in [-0.1, -0.05) is 214 Å². The van der Waals surface area contributed by atoms with Crippen LogP contribution in [0.5, 0.6) is 0 Å². The fraction of sp³-hybridized carbons (Fsp3) is 0.649. The molecule has 1 atom stereocenters. The number of carbonyl (C=O) groups excluding carboxylic acids is 2. The molecule has 0 saturated carbocycles. The molecule has 352 valence electrons. The van der Waals surface area contributed by atoms with Gasteiger partial charge in [-0.3, -0.25) is 9.59 Å². The molecule has 0 N–H and O–H groups in total. The summed E-state index contributed by atoms with van der Waals surface area (Å²) >= 11 is 0. The van der Waals surface area contributed by atoms with E-state index in [9.17, 15) is 9.59 Å². The third-order valence-corrected chi connectivity index (χ3v) is 10.3. The van der Waals surface area contributed by atoms with Crippen LogP contribution in [-0.2, 0) is 23.8 Å². The van der Waals surface area contributed by atoms with Crippen LogP contribution in [0.1, 0.15) is 213 Å². The molecule has 0 aromatic heterocycles. The lowest BCUT2D eigenvalue weighted by Crippen LogP contribution is -2.30. The summed E-state index contributed by atoms with van der Waals surface area (Å²) in [5.41, 5.74) is 0. The summed E-state index contributed by atoms with van der Waals surface area (Å²) in [5.74, 6) is -0.478. The van der Waals surface area contributed by atoms with Crippen LogP contribution in [0.2, 0.25) is 0 Å². The van der Waals surface area contributed by atoms with Gasteiger partial charge in [-0.2, -0.15) is 0 Å². The summed E-state index contributed by atoms with van der Waals surface area (Å²) < 4.78 is 17.3.